The normalized spacial score (nSPS) is 18.6. The van der Waals surface area contributed by atoms with Crippen molar-refractivity contribution in [3.05, 3.63) is 88.5 Å². The number of carbonyl (C=O) groups is 2. The summed E-state index contributed by atoms with van der Waals surface area (Å²) in [5, 5.41) is 0. The van der Waals surface area contributed by atoms with Gasteiger partial charge in [-0.3, -0.25) is 9.59 Å². The molecule has 1 saturated heterocycles. The highest BCUT2D eigenvalue weighted by Gasteiger charge is 2.56. The Morgan fingerprint density at radius 3 is 2.30 bits per heavy atom. The number of hydrogen-bond acceptors (Lipinski definition) is 3. The summed E-state index contributed by atoms with van der Waals surface area (Å²) >= 11 is 0. The Labute approximate surface area is 190 Å². The van der Waals surface area contributed by atoms with Gasteiger partial charge in [0.05, 0.1) is 6.54 Å². The van der Waals surface area contributed by atoms with E-state index in [-0.39, 0.29) is 23.8 Å². The summed E-state index contributed by atoms with van der Waals surface area (Å²) in [6.07, 6.45) is 0.777. The number of likely N-dealkylation sites (N-methyl/N-ethyl adjacent to an activating group) is 1. The van der Waals surface area contributed by atoms with E-state index < -0.39 is 17.0 Å². The lowest BCUT2D eigenvalue weighted by Gasteiger charge is -2.44. The maximum atomic E-state index is 15.2. The van der Waals surface area contributed by atoms with Crippen LogP contribution in [0.1, 0.15) is 22.3 Å². The number of likely N-dealkylation sites (tertiary alicyclic amines) is 1. The molecule has 0 saturated carbocycles. The van der Waals surface area contributed by atoms with E-state index >= 15 is 8.78 Å². The zero-order chi connectivity index (χ0) is 22.9. The summed E-state index contributed by atoms with van der Waals surface area (Å²) in [7, 11) is 1.96. The topological polar surface area (TPSA) is 40.6 Å². The monoisotopic (exact) mass is 444 g/mol. The molecule has 2 heterocycles. The number of benzene rings is 3. The Kier molecular flexibility index (Phi) is 4.33. The predicted octanol–water partition coefficient (Wildman–Crippen LogP) is 4.03. The molecule has 6 heteroatoms. The molecule has 166 valence electrons. The molecule has 1 aliphatic carbocycles. The van der Waals surface area contributed by atoms with Gasteiger partial charge in [-0.1, -0.05) is 36.4 Å². The summed E-state index contributed by atoms with van der Waals surface area (Å²) in [6.45, 7) is 1.05. The van der Waals surface area contributed by atoms with Crippen molar-refractivity contribution >= 4 is 17.4 Å². The second kappa shape index (κ2) is 7.06. The summed E-state index contributed by atoms with van der Waals surface area (Å²) in [5.74, 6) is -1.31. The zero-order valence-electron chi connectivity index (χ0n) is 18.2. The van der Waals surface area contributed by atoms with Gasteiger partial charge in [-0.05, 0) is 53.1 Å². The molecule has 3 aliphatic rings. The molecule has 6 rings (SSSR count). The first-order chi connectivity index (χ1) is 15.9. The van der Waals surface area contributed by atoms with Gasteiger partial charge in [-0.2, -0.15) is 0 Å². The molecule has 33 heavy (non-hydrogen) atoms. The van der Waals surface area contributed by atoms with E-state index in [2.05, 4.69) is 4.90 Å². The van der Waals surface area contributed by atoms with Crippen molar-refractivity contribution in [2.75, 3.05) is 25.0 Å². The Balaban J connectivity index is 1.34. The third-order valence-electron chi connectivity index (χ3n) is 7.22. The third kappa shape index (κ3) is 2.97. The van der Waals surface area contributed by atoms with Crippen molar-refractivity contribution in [3.63, 3.8) is 0 Å². The van der Waals surface area contributed by atoms with E-state index in [1.807, 2.05) is 43.4 Å². The third-order valence-corrected chi connectivity index (χ3v) is 7.22. The first-order valence-electron chi connectivity index (χ1n) is 11.1. The number of anilines is 1. The number of rotatable bonds is 3. The van der Waals surface area contributed by atoms with Crippen LogP contribution >= 0.6 is 0 Å². The number of amides is 1. The van der Waals surface area contributed by atoms with Crippen LogP contribution in [-0.2, 0) is 34.4 Å². The van der Waals surface area contributed by atoms with Crippen molar-refractivity contribution in [1.82, 2.24) is 4.90 Å². The zero-order valence-corrected chi connectivity index (χ0v) is 18.2. The molecule has 4 nitrogen and oxygen atoms in total. The van der Waals surface area contributed by atoms with Crippen LogP contribution in [0.4, 0.5) is 14.5 Å². The number of Topliss-reactive ketones (excluding diaryl/α,β-unsaturated/α-hetero) is 1. The fourth-order valence-electron chi connectivity index (χ4n) is 5.64. The van der Waals surface area contributed by atoms with Crippen LogP contribution in [0.5, 0.6) is 0 Å². The van der Waals surface area contributed by atoms with Gasteiger partial charge in [0.2, 0.25) is 5.91 Å². The molecule has 0 atom stereocenters. The largest absolute Gasteiger partial charge is 0.307 e. The fraction of sp³-hybridized carbons (Fsp3) is 0.259. The van der Waals surface area contributed by atoms with Crippen LogP contribution in [-0.4, -0.2) is 36.7 Å². The van der Waals surface area contributed by atoms with E-state index in [0.717, 1.165) is 22.4 Å². The summed E-state index contributed by atoms with van der Waals surface area (Å²) in [4.78, 5) is 28.7. The highest BCUT2D eigenvalue weighted by Crippen LogP contribution is 2.47. The minimum absolute atomic E-state index is 0.104. The maximum absolute atomic E-state index is 15.2. The van der Waals surface area contributed by atoms with Gasteiger partial charge in [0.1, 0.15) is 22.8 Å². The number of para-hydroxylation sites is 1. The highest BCUT2D eigenvalue weighted by atomic mass is 19.1. The maximum Gasteiger partial charge on any atom is 0.240 e. The average molecular weight is 444 g/mol. The Bertz CT molecular complexity index is 1320. The van der Waals surface area contributed by atoms with E-state index in [1.54, 1.807) is 6.07 Å². The lowest BCUT2D eigenvalue weighted by molar-refractivity contribution is -0.128. The van der Waals surface area contributed by atoms with E-state index in [9.17, 15) is 9.59 Å². The van der Waals surface area contributed by atoms with Gasteiger partial charge in [0, 0.05) is 37.2 Å². The number of hydrogen-bond donors (Lipinski definition) is 0. The van der Waals surface area contributed by atoms with Crippen LogP contribution in [0.3, 0.4) is 0 Å². The molecule has 1 fully saturated rings. The summed E-state index contributed by atoms with van der Waals surface area (Å²) in [5.41, 5.74) is 3.89. The van der Waals surface area contributed by atoms with Gasteiger partial charge in [-0.25, -0.2) is 8.78 Å². The summed E-state index contributed by atoms with van der Waals surface area (Å²) in [6, 6.07) is 15.6. The van der Waals surface area contributed by atoms with Gasteiger partial charge >= 0.3 is 0 Å². The second-order valence-corrected chi connectivity index (χ2v) is 9.46. The molecule has 1 amide bonds. The van der Waals surface area contributed by atoms with E-state index in [1.165, 1.54) is 17.0 Å². The SMILES string of the molecule is CN1CC2(C1)C(=O)N(Cc1c(F)cc(-c3ccc4c(c3)CC(=O)C4)cc1F)c1ccccc12. The molecule has 0 bridgehead atoms. The fourth-order valence-corrected chi connectivity index (χ4v) is 5.64. The number of ketones is 1. The number of fused-ring (bicyclic) bond motifs is 3. The quantitative estimate of drug-likeness (QED) is 0.613. The van der Waals surface area contributed by atoms with Crippen LogP contribution in [0.2, 0.25) is 0 Å². The van der Waals surface area contributed by atoms with Crippen molar-refractivity contribution in [3.8, 4) is 11.1 Å². The molecule has 3 aromatic rings. The highest BCUT2D eigenvalue weighted by molar-refractivity contribution is 6.09. The molecular formula is C27H22F2N2O2. The van der Waals surface area contributed by atoms with Crippen LogP contribution < -0.4 is 4.90 Å². The van der Waals surface area contributed by atoms with Crippen LogP contribution in [0, 0.1) is 11.6 Å². The van der Waals surface area contributed by atoms with Gasteiger partial charge in [0.15, 0.2) is 0 Å². The molecule has 1 spiro atoms. The van der Waals surface area contributed by atoms with Gasteiger partial charge in [0.25, 0.3) is 0 Å². The minimum atomic E-state index is -0.682. The molecular weight excluding hydrogens is 422 g/mol. The van der Waals surface area contributed by atoms with Gasteiger partial charge < -0.3 is 9.80 Å². The smallest absolute Gasteiger partial charge is 0.240 e. The number of nitrogens with zero attached hydrogens (tertiary/aromatic N) is 2. The van der Waals surface area contributed by atoms with Gasteiger partial charge in [-0.15, -0.1) is 0 Å². The predicted molar refractivity (Wildman–Crippen MR) is 121 cm³/mol. The molecule has 0 radical (unpaired) electrons. The Hall–Kier alpha value is -3.38. The van der Waals surface area contributed by atoms with Crippen molar-refractivity contribution in [2.45, 2.75) is 24.8 Å². The first kappa shape index (κ1) is 20.2. The standard InChI is InChI=1S/C27H22F2N2O2/c1-30-14-27(15-30)22-4-2-3-5-25(22)31(26(27)33)13-21-23(28)11-19(12-24(21)29)16-6-7-17-9-20(32)10-18(17)8-16/h2-8,11-12H,9-10,13-15H2,1H3. The van der Waals surface area contributed by atoms with Crippen LogP contribution in [0.25, 0.3) is 11.1 Å². The van der Waals surface area contributed by atoms with E-state index in [0.29, 0.717) is 37.1 Å². The number of carbonyl (C=O) groups excluding carboxylic acids is 2. The minimum Gasteiger partial charge on any atom is -0.307 e. The molecule has 3 aromatic carbocycles. The lowest BCUT2D eigenvalue weighted by atomic mass is 9.75. The Morgan fingerprint density at radius 2 is 1.58 bits per heavy atom. The van der Waals surface area contributed by atoms with E-state index in [4.69, 9.17) is 0 Å². The first-order valence-corrected chi connectivity index (χ1v) is 11.1. The van der Waals surface area contributed by atoms with Crippen molar-refractivity contribution in [2.24, 2.45) is 0 Å². The average Bonchev–Trinajstić information content (AvgIpc) is 3.25. The molecule has 0 unspecified atom stereocenters. The Morgan fingerprint density at radius 1 is 0.879 bits per heavy atom. The molecule has 0 aromatic heterocycles. The lowest BCUT2D eigenvalue weighted by Crippen LogP contribution is -2.62. The van der Waals surface area contributed by atoms with Crippen molar-refractivity contribution in [1.29, 1.82) is 0 Å². The van der Waals surface area contributed by atoms with Crippen molar-refractivity contribution < 1.29 is 18.4 Å². The van der Waals surface area contributed by atoms with Crippen LogP contribution in [0.15, 0.2) is 54.6 Å². The summed E-state index contributed by atoms with van der Waals surface area (Å²) < 4.78 is 30.4. The number of halogens is 2. The molecule has 2 aliphatic heterocycles. The molecule has 0 N–H and O–H groups in total. The second-order valence-electron chi connectivity index (χ2n) is 9.46.